The predicted molar refractivity (Wildman–Crippen MR) is 190 cm³/mol. The molecule has 0 N–H and O–H groups in total. The largest absolute Gasteiger partial charge is 0.496 e. The molecule has 4 rings (SSSR count). The van der Waals surface area contributed by atoms with Crippen LogP contribution in [0.25, 0.3) is 0 Å². The Bertz CT molecular complexity index is 1360. The molecule has 0 unspecified atom stereocenters. The van der Waals surface area contributed by atoms with Crippen LogP contribution < -0.4 is 14.2 Å². The van der Waals surface area contributed by atoms with Crippen LogP contribution in [-0.2, 0) is 35.5 Å². The molecule has 0 fully saturated rings. The van der Waals surface area contributed by atoms with Crippen LogP contribution in [0, 0.1) is 0 Å². The lowest BCUT2D eigenvalue weighted by Gasteiger charge is -2.25. The molecular weight excluding hydrogens is 552 g/mol. The summed E-state index contributed by atoms with van der Waals surface area (Å²) in [6.45, 7) is 20.2. The number of rotatable bonds is 9. The van der Waals surface area contributed by atoms with Crippen molar-refractivity contribution in [3.8, 4) is 17.2 Å². The third-order valence-corrected chi connectivity index (χ3v) is 8.86. The van der Waals surface area contributed by atoms with Gasteiger partial charge in [0, 0.05) is 36.0 Å². The molecule has 0 amide bonds. The van der Waals surface area contributed by atoms with E-state index >= 15 is 0 Å². The van der Waals surface area contributed by atoms with Crippen molar-refractivity contribution in [3.05, 3.63) is 123 Å². The van der Waals surface area contributed by atoms with Crippen molar-refractivity contribution in [1.82, 2.24) is 0 Å². The van der Waals surface area contributed by atoms with Gasteiger partial charge in [0.05, 0.1) is 21.3 Å². The molecule has 0 saturated heterocycles. The molecule has 0 heterocycles. The third-order valence-electron chi connectivity index (χ3n) is 8.86. The summed E-state index contributed by atoms with van der Waals surface area (Å²) in [4.78, 5) is 0. The topological polar surface area (TPSA) is 27.7 Å². The van der Waals surface area contributed by atoms with Gasteiger partial charge in [-0.2, -0.15) is 0 Å². The van der Waals surface area contributed by atoms with Crippen LogP contribution in [0.15, 0.2) is 72.8 Å². The van der Waals surface area contributed by atoms with Gasteiger partial charge in [-0.3, -0.25) is 0 Å². The second kappa shape index (κ2) is 13.3. The van der Waals surface area contributed by atoms with Gasteiger partial charge in [-0.1, -0.05) is 135 Å². The van der Waals surface area contributed by atoms with Crippen molar-refractivity contribution in [3.63, 3.8) is 0 Å². The zero-order chi connectivity index (χ0) is 33.2. The van der Waals surface area contributed by atoms with Gasteiger partial charge < -0.3 is 14.2 Å². The Kier molecular flexibility index (Phi) is 10.1. The Balaban J connectivity index is 1.89. The molecule has 4 aromatic rings. The van der Waals surface area contributed by atoms with Crippen molar-refractivity contribution >= 4 is 0 Å². The maximum atomic E-state index is 6.26. The first-order chi connectivity index (χ1) is 21.1. The van der Waals surface area contributed by atoms with Crippen molar-refractivity contribution in [2.24, 2.45) is 0 Å². The van der Waals surface area contributed by atoms with E-state index < -0.39 is 0 Å². The van der Waals surface area contributed by atoms with Crippen LogP contribution in [0.3, 0.4) is 0 Å². The smallest absolute Gasteiger partial charge is 0.133 e. The lowest BCUT2D eigenvalue weighted by molar-refractivity contribution is 0.359. The summed E-state index contributed by atoms with van der Waals surface area (Å²) >= 11 is 0. The molecule has 0 atom stereocenters. The minimum atomic E-state index is 0.0967. The molecule has 0 aliphatic rings. The summed E-state index contributed by atoms with van der Waals surface area (Å²) in [6, 6.07) is 26.9. The van der Waals surface area contributed by atoms with Crippen LogP contribution in [0.4, 0.5) is 0 Å². The van der Waals surface area contributed by atoms with Crippen molar-refractivity contribution in [1.29, 1.82) is 0 Å². The van der Waals surface area contributed by atoms with E-state index in [9.17, 15) is 0 Å². The first-order valence-electron chi connectivity index (χ1n) is 16.2. The summed E-state index contributed by atoms with van der Waals surface area (Å²) in [5.41, 5.74) is 11.0. The Morgan fingerprint density at radius 3 is 0.711 bits per heavy atom. The molecule has 0 saturated carbocycles. The van der Waals surface area contributed by atoms with Gasteiger partial charge in [-0.25, -0.2) is 0 Å². The monoisotopic (exact) mass is 606 g/mol. The van der Waals surface area contributed by atoms with Gasteiger partial charge in [0.25, 0.3) is 0 Å². The minimum absolute atomic E-state index is 0.0967. The van der Waals surface area contributed by atoms with Crippen molar-refractivity contribution < 1.29 is 14.2 Å². The highest BCUT2D eigenvalue weighted by atomic mass is 16.5. The zero-order valence-corrected chi connectivity index (χ0v) is 29.8. The van der Waals surface area contributed by atoms with Gasteiger partial charge in [0.15, 0.2) is 0 Å². The highest BCUT2D eigenvalue weighted by molar-refractivity contribution is 5.66. The minimum Gasteiger partial charge on any atom is -0.496 e. The molecule has 0 aromatic heterocycles. The summed E-state index contributed by atoms with van der Waals surface area (Å²) in [5.74, 6) is 2.49. The standard InChI is InChI=1S/C42H54O3/c1-40(2,3)31-19-13-28(14-20-31)25-34-37(43-10)35(26-29-15-21-32(22-16-29)41(4,5)6)39(45-12)36(38(34)44-11)27-30-17-23-33(24-18-30)42(7,8)9/h13-24H,25-27H2,1-12H3. The molecule has 240 valence electrons. The first-order valence-corrected chi connectivity index (χ1v) is 16.2. The first kappa shape index (κ1) is 34.2. The highest BCUT2D eigenvalue weighted by Crippen LogP contribution is 2.46. The van der Waals surface area contributed by atoms with E-state index in [0.717, 1.165) is 33.9 Å². The van der Waals surface area contributed by atoms with E-state index in [0.29, 0.717) is 19.3 Å². The molecule has 0 aliphatic carbocycles. The zero-order valence-electron chi connectivity index (χ0n) is 29.8. The molecule has 0 radical (unpaired) electrons. The fourth-order valence-corrected chi connectivity index (χ4v) is 6.06. The lowest BCUT2D eigenvalue weighted by Crippen LogP contribution is -2.12. The van der Waals surface area contributed by atoms with E-state index in [-0.39, 0.29) is 16.2 Å². The van der Waals surface area contributed by atoms with Crippen LogP contribution in [-0.4, -0.2) is 21.3 Å². The second-order valence-electron chi connectivity index (χ2n) is 15.4. The summed E-state index contributed by atoms with van der Waals surface area (Å²) < 4.78 is 18.8. The third kappa shape index (κ3) is 7.93. The maximum absolute atomic E-state index is 6.26. The SMILES string of the molecule is COc1c(Cc2ccc(C(C)(C)C)cc2)c(OC)c(Cc2ccc(C(C)(C)C)cc2)c(OC)c1Cc1ccc(C(C)(C)C)cc1. The Morgan fingerprint density at radius 1 is 0.356 bits per heavy atom. The van der Waals surface area contributed by atoms with Crippen LogP contribution in [0.2, 0.25) is 0 Å². The molecule has 0 bridgehead atoms. The maximum Gasteiger partial charge on any atom is 0.133 e. The van der Waals surface area contributed by atoms with E-state index in [1.165, 1.54) is 33.4 Å². The van der Waals surface area contributed by atoms with E-state index in [4.69, 9.17) is 14.2 Å². The number of hydrogen-bond acceptors (Lipinski definition) is 3. The number of hydrogen-bond donors (Lipinski definition) is 0. The van der Waals surface area contributed by atoms with Gasteiger partial charge in [0.1, 0.15) is 17.2 Å². The van der Waals surface area contributed by atoms with Gasteiger partial charge in [0.2, 0.25) is 0 Å². The fraction of sp³-hybridized carbons (Fsp3) is 0.429. The summed E-state index contributed by atoms with van der Waals surface area (Å²) in [7, 11) is 5.28. The van der Waals surface area contributed by atoms with E-state index in [2.05, 4.69) is 135 Å². The highest BCUT2D eigenvalue weighted by Gasteiger charge is 2.27. The van der Waals surface area contributed by atoms with Crippen LogP contribution in [0.1, 0.15) is 112 Å². The van der Waals surface area contributed by atoms with Crippen molar-refractivity contribution in [2.45, 2.75) is 97.8 Å². The Labute approximate surface area is 273 Å². The lowest BCUT2D eigenvalue weighted by atomic mass is 9.84. The van der Waals surface area contributed by atoms with Crippen LogP contribution in [0.5, 0.6) is 17.2 Å². The van der Waals surface area contributed by atoms with Gasteiger partial charge in [-0.15, -0.1) is 0 Å². The number of benzene rings is 4. The second-order valence-corrected chi connectivity index (χ2v) is 15.4. The molecule has 3 nitrogen and oxygen atoms in total. The summed E-state index contributed by atoms with van der Waals surface area (Å²) in [6.07, 6.45) is 2.06. The fourth-order valence-electron chi connectivity index (χ4n) is 6.06. The Hall–Kier alpha value is -3.72. The molecular formula is C42H54O3. The normalized spacial score (nSPS) is 12.3. The van der Waals surface area contributed by atoms with E-state index in [1.807, 2.05) is 0 Å². The average molecular weight is 607 g/mol. The predicted octanol–water partition coefficient (Wildman–Crippen LogP) is 10.4. The average Bonchev–Trinajstić information content (AvgIpc) is 2.97. The number of ether oxygens (including phenoxy) is 3. The molecule has 0 spiro atoms. The summed E-state index contributed by atoms with van der Waals surface area (Å²) in [5, 5.41) is 0. The van der Waals surface area contributed by atoms with Gasteiger partial charge in [-0.05, 0) is 49.6 Å². The van der Waals surface area contributed by atoms with Crippen LogP contribution >= 0.6 is 0 Å². The molecule has 45 heavy (non-hydrogen) atoms. The quantitative estimate of drug-likeness (QED) is 0.190. The Morgan fingerprint density at radius 2 is 0.556 bits per heavy atom. The molecule has 3 heteroatoms. The van der Waals surface area contributed by atoms with Crippen molar-refractivity contribution in [2.75, 3.05) is 21.3 Å². The molecule has 4 aromatic carbocycles. The van der Waals surface area contributed by atoms with Gasteiger partial charge >= 0.3 is 0 Å². The van der Waals surface area contributed by atoms with E-state index in [1.54, 1.807) is 21.3 Å². The molecule has 0 aliphatic heterocycles. The number of methoxy groups -OCH3 is 3.